The topological polar surface area (TPSA) is 103 Å². The average Bonchev–Trinajstić information content (AvgIpc) is 2.33. The molecule has 6 heteroatoms. The summed E-state index contributed by atoms with van der Waals surface area (Å²) in [7, 11) is 0. The molecule has 3 N–H and O–H groups in total. The number of aromatic amines is 1. The number of cyclic esters (lactones) is 1. The molecule has 1 aliphatic rings. The van der Waals surface area contributed by atoms with E-state index in [-0.39, 0.29) is 29.9 Å². The number of aliphatic hydroxyl groups is 1. The number of aromatic nitrogens is 1. The standard InChI is InChI=1S/C12H14N2O4/c1-3-12(17)8-4-9(6(2)13)14-10(15)7(8)5-18-11(12)16/h4,13,17H,3,5H2,1-2H3,(H,14,15). The van der Waals surface area contributed by atoms with Crippen LogP contribution in [0.3, 0.4) is 0 Å². The lowest BCUT2D eigenvalue weighted by atomic mass is 9.86. The van der Waals surface area contributed by atoms with Gasteiger partial charge in [-0.3, -0.25) is 4.79 Å². The minimum atomic E-state index is -1.80. The first-order valence-corrected chi connectivity index (χ1v) is 5.62. The highest BCUT2D eigenvalue weighted by atomic mass is 16.6. The number of carbonyl (C=O) groups excluding carboxylic acids is 1. The highest BCUT2D eigenvalue weighted by molar-refractivity contribution is 5.95. The number of rotatable bonds is 2. The molecule has 0 amide bonds. The molecule has 1 aromatic rings. The molecular formula is C12H14N2O4. The van der Waals surface area contributed by atoms with Crippen molar-refractivity contribution < 1.29 is 14.6 Å². The summed E-state index contributed by atoms with van der Waals surface area (Å²) in [6, 6.07) is 1.48. The number of H-pyrrole nitrogens is 1. The fourth-order valence-corrected chi connectivity index (χ4v) is 2.00. The molecule has 2 heterocycles. The zero-order valence-corrected chi connectivity index (χ0v) is 10.2. The molecule has 0 fully saturated rings. The van der Waals surface area contributed by atoms with Crippen LogP contribution in [0.2, 0.25) is 0 Å². The van der Waals surface area contributed by atoms with Crippen LogP contribution in [-0.4, -0.2) is 21.8 Å². The van der Waals surface area contributed by atoms with Crippen molar-refractivity contribution in [3.63, 3.8) is 0 Å². The summed E-state index contributed by atoms with van der Waals surface area (Å²) in [6.45, 7) is 3.00. The Bertz CT molecular complexity index is 590. The van der Waals surface area contributed by atoms with Gasteiger partial charge in [0.15, 0.2) is 5.60 Å². The lowest BCUT2D eigenvalue weighted by Crippen LogP contribution is -2.43. The Labute approximate surface area is 103 Å². The Kier molecular flexibility index (Phi) is 2.82. The summed E-state index contributed by atoms with van der Waals surface area (Å²) in [6.07, 6.45) is 0.110. The van der Waals surface area contributed by atoms with Crippen LogP contribution < -0.4 is 5.56 Å². The largest absolute Gasteiger partial charge is 0.458 e. The zero-order valence-electron chi connectivity index (χ0n) is 10.2. The molecule has 1 atom stereocenters. The van der Waals surface area contributed by atoms with Gasteiger partial charge in [0.05, 0.1) is 17.0 Å². The van der Waals surface area contributed by atoms with Gasteiger partial charge >= 0.3 is 5.97 Å². The van der Waals surface area contributed by atoms with Gasteiger partial charge in [-0.05, 0) is 19.4 Å². The molecule has 0 aromatic carbocycles. The molecule has 0 saturated heterocycles. The predicted octanol–water partition coefficient (Wildman–Crippen LogP) is 0.417. The zero-order chi connectivity index (χ0) is 13.5. The summed E-state index contributed by atoms with van der Waals surface area (Å²) < 4.78 is 4.83. The van der Waals surface area contributed by atoms with Crippen LogP contribution in [-0.2, 0) is 21.7 Å². The maximum absolute atomic E-state index is 11.8. The summed E-state index contributed by atoms with van der Waals surface area (Å²) in [5, 5.41) is 17.9. The molecule has 0 radical (unpaired) electrons. The van der Waals surface area contributed by atoms with Crippen LogP contribution in [0.5, 0.6) is 0 Å². The van der Waals surface area contributed by atoms with E-state index < -0.39 is 17.1 Å². The summed E-state index contributed by atoms with van der Waals surface area (Å²) in [4.78, 5) is 26.0. The second kappa shape index (κ2) is 4.06. The van der Waals surface area contributed by atoms with Crippen molar-refractivity contribution in [1.29, 1.82) is 5.41 Å². The second-order valence-electron chi connectivity index (χ2n) is 4.32. The monoisotopic (exact) mass is 250 g/mol. The van der Waals surface area contributed by atoms with Crippen LogP contribution in [0.25, 0.3) is 0 Å². The predicted molar refractivity (Wildman–Crippen MR) is 63.5 cm³/mol. The van der Waals surface area contributed by atoms with Gasteiger partial charge in [0.2, 0.25) is 0 Å². The number of pyridine rings is 1. The van der Waals surface area contributed by atoms with Crippen molar-refractivity contribution in [3.05, 3.63) is 33.2 Å². The van der Waals surface area contributed by atoms with Crippen LogP contribution in [0.1, 0.15) is 37.1 Å². The number of esters is 1. The van der Waals surface area contributed by atoms with Crippen molar-refractivity contribution in [2.75, 3.05) is 0 Å². The molecule has 1 aromatic heterocycles. The van der Waals surface area contributed by atoms with E-state index in [4.69, 9.17) is 10.1 Å². The van der Waals surface area contributed by atoms with Gasteiger partial charge in [0.1, 0.15) is 6.61 Å². The lowest BCUT2D eigenvalue weighted by molar-refractivity contribution is -0.172. The Morgan fingerprint density at radius 2 is 2.28 bits per heavy atom. The molecule has 0 aliphatic carbocycles. The van der Waals surface area contributed by atoms with Gasteiger partial charge in [-0.2, -0.15) is 0 Å². The van der Waals surface area contributed by atoms with E-state index >= 15 is 0 Å². The van der Waals surface area contributed by atoms with Gasteiger partial charge in [-0.25, -0.2) is 4.79 Å². The third-order valence-electron chi connectivity index (χ3n) is 3.18. The molecule has 96 valence electrons. The minimum Gasteiger partial charge on any atom is -0.458 e. The van der Waals surface area contributed by atoms with Crippen LogP contribution in [0.15, 0.2) is 10.9 Å². The van der Waals surface area contributed by atoms with Crippen molar-refractivity contribution in [1.82, 2.24) is 4.98 Å². The molecule has 2 rings (SSSR count). The highest BCUT2D eigenvalue weighted by Gasteiger charge is 2.44. The normalized spacial score (nSPS) is 22.3. The quantitative estimate of drug-likeness (QED) is 0.522. The Balaban J connectivity index is 2.74. The van der Waals surface area contributed by atoms with E-state index in [2.05, 4.69) is 4.98 Å². The van der Waals surface area contributed by atoms with Crippen LogP contribution in [0, 0.1) is 5.41 Å². The lowest BCUT2D eigenvalue weighted by Gasteiger charge is -2.31. The number of ether oxygens (including phenoxy) is 1. The Morgan fingerprint density at radius 3 is 2.83 bits per heavy atom. The highest BCUT2D eigenvalue weighted by Crippen LogP contribution is 2.32. The fraction of sp³-hybridized carbons (Fsp3) is 0.417. The minimum absolute atomic E-state index is 0.110. The van der Waals surface area contributed by atoms with E-state index in [1.807, 2.05) is 0 Å². The number of hydrogen-bond acceptors (Lipinski definition) is 5. The van der Waals surface area contributed by atoms with E-state index in [0.717, 1.165) is 0 Å². The molecule has 18 heavy (non-hydrogen) atoms. The van der Waals surface area contributed by atoms with Crippen molar-refractivity contribution in [2.45, 2.75) is 32.5 Å². The average molecular weight is 250 g/mol. The number of fused-ring (bicyclic) bond motifs is 1. The number of hydrogen-bond donors (Lipinski definition) is 3. The summed E-state index contributed by atoms with van der Waals surface area (Å²) >= 11 is 0. The van der Waals surface area contributed by atoms with E-state index in [1.165, 1.54) is 13.0 Å². The SMILES string of the molecule is CCC1(O)C(=O)OCc2c1cc(C(C)=N)[nH]c2=O. The van der Waals surface area contributed by atoms with E-state index in [0.29, 0.717) is 5.69 Å². The second-order valence-corrected chi connectivity index (χ2v) is 4.32. The molecule has 6 nitrogen and oxygen atoms in total. The maximum atomic E-state index is 11.8. The van der Waals surface area contributed by atoms with Gasteiger partial charge in [-0.15, -0.1) is 0 Å². The van der Waals surface area contributed by atoms with Gasteiger partial charge in [-0.1, -0.05) is 6.92 Å². The Hall–Kier alpha value is -1.95. The molecule has 1 aliphatic heterocycles. The third kappa shape index (κ3) is 1.65. The van der Waals surface area contributed by atoms with Gasteiger partial charge in [0.25, 0.3) is 5.56 Å². The molecule has 0 bridgehead atoms. The van der Waals surface area contributed by atoms with E-state index in [1.54, 1.807) is 6.92 Å². The first-order valence-electron chi connectivity index (χ1n) is 5.62. The summed E-state index contributed by atoms with van der Waals surface area (Å²) in [5.74, 6) is -0.753. The number of nitrogens with one attached hydrogen (secondary N) is 2. The van der Waals surface area contributed by atoms with Crippen LogP contribution in [0.4, 0.5) is 0 Å². The Morgan fingerprint density at radius 1 is 1.61 bits per heavy atom. The first kappa shape index (κ1) is 12.5. The van der Waals surface area contributed by atoms with Crippen molar-refractivity contribution in [2.24, 2.45) is 0 Å². The number of carbonyl (C=O) groups is 1. The van der Waals surface area contributed by atoms with Crippen molar-refractivity contribution in [3.8, 4) is 0 Å². The summed E-state index contributed by atoms with van der Waals surface area (Å²) in [5.41, 5.74) is -1.30. The van der Waals surface area contributed by atoms with E-state index in [9.17, 15) is 14.7 Å². The molecule has 0 saturated carbocycles. The molecule has 0 spiro atoms. The maximum Gasteiger partial charge on any atom is 0.343 e. The van der Waals surface area contributed by atoms with Gasteiger partial charge in [0, 0.05) is 5.56 Å². The first-order chi connectivity index (χ1) is 8.40. The fourth-order valence-electron chi connectivity index (χ4n) is 2.00. The van der Waals surface area contributed by atoms with Crippen LogP contribution >= 0.6 is 0 Å². The smallest absolute Gasteiger partial charge is 0.343 e. The van der Waals surface area contributed by atoms with Gasteiger partial charge < -0.3 is 20.2 Å². The molecule has 1 unspecified atom stereocenters. The third-order valence-corrected chi connectivity index (χ3v) is 3.18. The molecular weight excluding hydrogens is 236 g/mol. The van der Waals surface area contributed by atoms with Crippen molar-refractivity contribution >= 4 is 11.7 Å².